The van der Waals surface area contributed by atoms with Gasteiger partial charge in [0.2, 0.25) is 5.91 Å². The zero-order valence-electron chi connectivity index (χ0n) is 19.3. The van der Waals surface area contributed by atoms with E-state index in [1.54, 1.807) is 7.11 Å². The number of nitrogens with one attached hydrogen (secondary N) is 2. The molecule has 1 saturated heterocycles. The van der Waals surface area contributed by atoms with Gasteiger partial charge in [0.1, 0.15) is 0 Å². The second-order valence-electron chi connectivity index (χ2n) is 8.20. The van der Waals surface area contributed by atoms with E-state index in [9.17, 15) is 4.79 Å². The number of amides is 1. The number of thiocarbonyl (C=S) groups is 1. The van der Waals surface area contributed by atoms with Crippen molar-refractivity contribution < 1.29 is 9.53 Å². The second kappa shape index (κ2) is 9.72. The quantitative estimate of drug-likeness (QED) is 0.510. The van der Waals surface area contributed by atoms with Gasteiger partial charge in [-0.15, -0.1) is 0 Å². The van der Waals surface area contributed by atoms with Gasteiger partial charge in [-0.25, -0.2) is 0 Å². The van der Waals surface area contributed by atoms with Gasteiger partial charge < -0.3 is 24.8 Å². The molecule has 0 saturated carbocycles. The smallest absolute Gasteiger partial charge is 0.221 e. The van der Waals surface area contributed by atoms with Gasteiger partial charge in [0.25, 0.3) is 0 Å². The van der Waals surface area contributed by atoms with Crippen LogP contribution in [0.25, 0.3) is 0 Å². The van der Waals surface area contributed by atoms with Crippen molar-refractivity contribution in [2.45, 2.75) is 39.4 Å². The summed E-state index contributed by atoms with van der Waals surface area (Å²) in [4.78, 5) is 18.2. The minimum atomic E-state index is -0.106. The molecule has 7 nitrogen and oxygen atoms in total. The van der Waals surface area contributed by atoms with Crippen LogP contribution in [0, 0.1) is 13.8 Å². The number of nitrogens with zero attached hydrogens (tertiary/aromatic N) is 3. The van der Waals surface area contributed by atoms with E-state index in [-0.39, 0.29) is 18.0 Å². The first-order valence-electron chi connectivity index (χ1n) is 10.9. The van der Waals surface area contributed by atoms with Gasteiger partial charge in [-0.2, -0.15) is 0 Å². The molecule has 0 aliphatic carbocycles. The number of carbonyl (C=O) groups excluding carboxylic acids is 1. The summed E-state index contributed by atoms with van der Waals surface area (Å²) >= 11 is 5.82. The Morgan fingerprint density at radius 3 is 2.61 bits per heavy atom. The van der Waals surface area contributed by atoms with Gasteiger partial charge in [-0.05, 0) is 74.1 Å². The Kier molecular flexibility index (Phi) is 6.76. The highest BCUT2D eigenvalue weighted by Gasteiger charge is 2.42. The largest absolute Gasteiger partial charge is 0.383 e. The lowest BCUT2D eigenvalue weighted by Gasteiger charge is -2.28. The zero-order chi connectivity index (χ0) is 23.5. The van der Waals surface area contributed by atoms with Crippen LogP contribution in [0.1, 0.15) is 41.7 Å². The third-order valence-electron chi connectivity index (χ3n) is 6.01. The molecule has 3 aromatic rings. The maximum Gasteiger partial charge on any atom is 0.221 e. The molecule has 2 N–H and O–H groups in total. The Labute approximate surface area is 199 Å². The van der Waals surface area contributed by atoms with Gasteiger partial charge >= 0.3 is 0 Å². The molecule has 0 spiro atoms. The van der Waals surface area contributed by atoms with Gasteiger partial charge in [-0.1, -0.05) is 6.07 Å². The van der Waals surface area contributed by atoms with Crippen LogP contribution in [0.4, 0.5) is 11.4 Å². The van der Waals surface area contributed by atoms with Crippen LogP contribution < -0.4 is 15.5 Å². The fourth-order valence-corrected chi connectivity index (χ4v) is 4.86. The van der Waals surface area contributed by atoms with Gasteiger partial charge in [-0.3, -0.25) is 9.78 Å². The Morgan fingerprint density at radius 2 is 1.97 bits per heavy atom. The molecule has 33 heavy (non-hydrogen) atoms. The summed E-state index contributed by atoms with van der Waals surface area (Å²) in [5.41, 5.74) is 6.19. The molecule has 2 aromatic heterocycles. The number of benzene rings is 1. The number of pyridine rings is 1. The minimum Gasteiger partial charge on any atom is -0.383 e. The number of aromatic nitrogens is 2. The van der Waals surface area contributed by atoms with Crippen molar-refractivity contribution in [3.8, 4) is 0 Å². The lowest BCUT2D eigenvalue weighted by atomic mass is 9.96. The Hall–Kier alpha value is -3.23. The van der Waals surface area contributed by atoms with Crippen molar-refractivity contribution in [1.29, 1.82) is 0 Å². The summed E-state index contributed by atoms with van der Waals surface area (Å²) in [6.45, 7) is 7.20. The molecular weight excluding hydrogens is 434 g/mol. The van der Waals surface area contributed by atoms with E-state index in [0.717, 1.165) is 23.6 Å². The number of anilines is 2. The van der Waals surface area contributed by atoms with Gasteiger partial charge in [0, 0.05) is 49.5 Å². The number of hydrogen-bond acceptors (Lipinski definition) is 4. The van der Waals surface area contributed by atoms with E-state index in [1.807, 2.05) is 48.7 Å². The molecule has 1 aliphatic rings. The van der Waals surface area contributed by atoms with Crippen LogP contribution in [0.5, 0.6) is 0 Å². The number of aryl methyl sites for hydroxylation is 1. The van der Waals surface area contributed by atoms with Crippen molar-refractivity contribution in [3.63, 3.8) is 0 Å². The molecule has 172 valence electrons. The van der Waals surface area contributed by atoms with Crippen LogP contribution in [-0.2, 0) is 16.1 Å². The summed E-state index contributed by atoms with van der Waals surface area (Å²) in [5, 5.41) is 6.97. The van der Waals surface area contributed by atoms with Crippen molar-refractivity contribution in [1.82, 2.24) is 14.9 Å². The molecule has 1 fully saturated rings. The fourth-order valence-electron chi connectivity index (χ4n) is 4.51. The van der Waals surface area contributed by atoms with Gasteiger partial charge in [0.15, 0.2) is 5.11 Å². The molecule has 1 amide bonds. The zero-order valence-corrected chi connectivity index (χ0v) is 20.1. The number of rotatable bonds is 7. The predicted octanol–water partition coefficient (Wildman–Crippen LogP) is 4.28. The van der Waals surface area contributed by atoms with E-state index in [2.05, 4.69) is 45.0 Å². The summed E-state index contributed by atoms with van der Waals surface area (Å²) in [6.07, 6.45) is 1.81. The summed E-state index contributed by atoms with van der Waals surface area (Å²) in [5.74, 6) is -0.0994. The fraction of sp³-hybridized carbons (Fsp3) is 0.320. The highest BCUT2D eigenvalue weighted by molar-refractivity contribution is 7.80. The normalized spacial score (nSPS) is 17.8. The third-order valence-corrected chi connectivity index (χ3v) is 6.33. The topological polar surface area (TPSA) is 71.4 Å². The van der Waals surface area contributed by atoms with Crippen LogP contribution in [-0.4, -0.2) is 34.3 Å². The van der Waals surface area contributed by atoms with Crippen molar-refractivity contribution >= 4 is 34.6 Å². The van der Waals surface area contributed by atoms with E-state index < -0.39 is 0 Å². The van der Waals surface area contributed by atoms with Crippen LogP contribution in [0.2, 0.25) is 0 Å². The lowest BCUT2D eigenvalue weighted by molar-refractivity contribution is -0.114. The van der Waals surface area contributed by atoms with Crippen LogP contribution in [0.3, 0.4) is 0 Å². The second-order valence-corrected chi connectivity index (χ2v) is 8.58. The molecule has 1 aromatic carbocycles. The first-order chi connectivity index (χ1) is 15.9. The van der Waals surface area contributed by atoms with E-state index in [4.69, 9.17) is 17.0 Å². The lowest BCUT2D eigenvalue weighted by Crippen LogP contribution is -2.29. The highest BCUT2D eigenvalue weighted by Crippen LogP contribution is 2.43. The summed E-state index contributed by atoms with van der Waals surface area (Å²) < 4.78 is 7.61. The average Bonchev–Trinajstić information content (AvgIpc) is 3.28. The first-order valence-corrected chi connectivity index (χ1v) is 11.4. The molecular formula is C25H29N5O2S. The maximum atomic E-state index is 11.4. The Bertz CT molecular complexity index is 1140. The Morgan fingerprint density at radius 1 is 1.21 bits per heavy atom. The van der Waals surface area contributed by atoms with E-state index in [1.165, 1.54) is 23.9 Å². The van der Waals surface area contributed by atoms with E-state index in [0.29, 0.717) is 11.7 Å². The first kappa shape index (κ1) is 22.9. The maximum absolute atomic E-state index is 11.4. The standard InChI is InChI=1S/C25H29N5O2S/c1-16-15-21(17(2)29(16)13-14-32-4)24-23(22-7-5-6-12-26-22)28-25(33)30(24)20-10-8-19(9-11-20)27-18(3)31/h5-12,15,23-24H,13-14H2,1-4H3,(H,27,31)(H,28,33). The van der Waals surface area contributed by atoms with Crippen molar-refractivity contribution in [2.24, 2.45) is 0 Å². The summed E-state index contributed by atoms with van der Waals surface area (Å²) in [7, 11) is 1.72. The number of hydrogen-bond donors (Lipinski definition) is 2. The average molecular weight is 464 g/mol. The van der Waals surface area contributed by atoms with Crippen LogP contribution >= 0.6 is 12.2 Å². The molecule has 2 atom stereocenters. The predicted molar refractivity (Wildman–Crippen MR) is 134 cm³/mol. The molecule has 4 rings (SSSR count). The minimum absolute atomic E-state index is 0.0819. The van der Waals surface area contributed by atoms with Crippen molar-refractivity contribution in [3.05, 3.63) is 77.4 Å². The molecule has 8 heteroatoms. The Balaban J connectivity index is 1.79. The SMILES string of the molecule is COCCn1c(C)cc(C2C(c3ccccn3)NC(=S)N2c2ccc(NC(C)=O)cc2)c1C. The van der Waals surface area contributed by atoms with Crippen LogP contribution in [0.15, 0.2) is 54.7 Å². The highest BCUT2D eigenvalue weighted by atomic mass is 32.1. The number of methoxy groups -OCH3 is 1. The molecule has 2 unspecified atom stereocenters. The number of ether oxygens (including phenoxy) is 1. The van der Waals surface area contributed by atoms with E-state index >= 15 is 0 Å². The van der Waals surface area contributed by atoms with Crippen molar-refractivity contribution in [2.75, 3.05) is 23.9 Å². The molecule has 0 radical (unpaired) electrons. The summed E-state index contributed by atoms with van der Waals surface area (Å²) in [6, 6.07) is 15.7. The number of carbonyl (C=O) groups is 1. The molecule has 0 bridgehead atoms. The third kappa shape index (κ3) is 4.62. The molecule has 3 heterocycles. The van der Waals surface area contributed by atoms with Gasteiger partial charge in [0.05, 0.1) is 24.4 Å². The monoisotopic (exact) mass is 463 g/mol. The molecule has 1 aliphatic heterocycles.